The fraction of sp³-hybridized carbons (Fsp3) is 0.600. The zero-order chi connectivity index (χ0) is 25.3. The molecule has 3 unspecified atom stereocenters. The van der Waals surface area contributed by atoms with E-state index in [0.29, 0.717) is 35.0 Å². The van der Waals surface area contributed by atoms with Gasteiger partial charge in [0.15, 0.2) is 0 Å². The molecule has 2 N–H and O–H groups in total. The monoisotopic (exact) mass is 509 g/mol. The molecule has 2 aromatic rings. The molecule has 2 bridgehead atoms. The number of carbonyl (C=O) groups is 2. The number of nitrogens with one attached hydrogen (secondary N) is 1. The Bertz CT molecular complexity index is 1110. The molecule has 0 saturated heterocycles. The molecule has 0 aromatic heterocycles. The summed E-state index contributed by atoms with van der Waals surface area (Å²) in [6.07, 6.45) is 11.1. The maximum atomic E-state index is 13.6. The lowest BCUT2D eigenvalue weighted by atomic mass is 9.90. The molecule has 5 nitrogen and oxygen atoms in total. The Balaban J connectivity index is 1.37. The molecule has 194 valence electrons. The highest BCUT2D eigenvalue weighted by molar-refractivity contribution is 8.01. The van der Waals surface area contributed by atoms with E-state index in [9.17, 15) is 14.7 Å². The van der Waals surface area contributed by atoms with Crippen molar-refractivity contribution in [1.82, 2.24) is 5.32 Å². The summed E-state index contributed by atoms with van der Waals surface area (Å²) in [5.74, 6) is 1.17. The molecule has 3 fully saturated rings. The molecule has 1 amide bonds. The number of carboxylic acids is 1. The Hall–Kier alpha value is -2.21. The van der Waals surface area contributed by atoms with E-state index in [1.165, 1.54) is 44.9 Å². The summed E-state index contributed by atoms with van der Waals surface area (Å²) in [4.78, 5) is 26.0. The number of fused-ring (bicyclic) bond motifs is 3. The van der Waals surface area contributed by atoms with Gasteiger partial charge < -0.3 is 15.2 Å². The molecule has 4 atom stereocenters. The third-order valence-electron chi connectivity index (χ3n) is 8.66. The Morgan fingerprint density at radius 1 is 1.06 bits per heavy atom. The van der Waals surface area contributed by atoms with Gasteiger partial charge in [0.1, 0.15) is 11.8 Å². The van der Waals surface area contributed by atoms with Crippen LogP contribution in [0.2, 0.25) is 0 Å². The number of thioether (sulfide) groups is 1. The molecule has 3 aliphatic carbocycles. The molecule has 3 aliphatic rings. The SMILES string of the molecule is CC(C)(SC1CC2CCC1C2)[C@H](NC(=O)c1ccc2ccccc2c1OCC1CCCCC1)C(=O)O. The van der Waals surface area contributed by atoms with E-state index in [2.05, 4.69) is 5.32 Å². The largest absolute Gasteiger partial charge is 0.492 e. The van der Waals surface area contributed by atoms with Crippen LogP contribution >= 0.6 is 11.8 Å². The first-order valence-corrected chi connectivity index (χ1v) is 14.6. The van der Waals surface area contributed by atoms with Gasteiger partial charge in [-0.25, -0.2) is 4.79 Å². The van der Waals surface area contributed by atoms with Gasteiger partial charge in [0, 0.05) is 15.4 Å². The smallest absolute Gasteiger partial charge is 0.327 e. The van der Waals surface area contributed by atoms with Crippen molar-refractivity contribution in [2.45, 2.75) is 87.7 Å². The predicted octanol–water partition coefficient (Wildman–Crippen LogP) is 6.68. The Morgan fingerprint density at radius 3 is 2.53 bits per heavy atom. The summed E-state index contributed by atoms with van der Waals surface area (Å²) in [6.45, 7) is 4.51. The van der Waals surface area contributed by atoms with Gasteiger partial charge in [-0.3, -0.25) is 4.79 Å². The minimum atomic E-state index is -0.994. The maximum absolute atomic E-state index is 13.6. The van der Waals surface area contributed by atoms with E-state index in [-0.39, 0.29) is 5.91 Å². The Morgan fingerprint density at radius 2 is 1.83 bits per heavy atom. The number of aliphatic carboxylic acids is 1. The van der Waals surface area contributed by atoms with Gasteiger partial charge in [0.25, 0.3) is 5.91 Å². The molecule has 0 heterocycles. The van der Waals surface area contributed by atoms with E-state index in [0.717, 1.165) is 29.5 Å². The van der Waals surface area contributed by atoms with E-state index < -0.39 is 16.8 Å². The summed E-state index contributed by atoms with van der Waals surface area (Å²) in [6, 6.07) is 10.6. The van der Waals surface area contributed by atoms with Gasteiger partial charge in [0.2, 0.25) is 0 Å². The number of carboxylic acid groups (broad SMARTS) is 1. The van der Waals surface area contributed by atoms with Crippen LogP contribution in [0, 0.1) is 17.8 Å². The lowest BCUT2D eigenvalue weighted by Gasteiger charge is -2.36. The van der Waals surface area contributed by atoms with Crippen LogP contribution in [0.15, 0.2) is 36.4 Å². The standard InChI is InChI=1S/C30H39NO4S/c1-30(2,36-25-17-20-12-13-22(25)16-20)27(29(33)34)31-28(32)24-15-14-21-10-6-7-11-23(21)26(24)35-18-19-8-4-3-5-9-19/h6-7,10-11,14-15,19-20,22,25,27H,3-5,8-9,12-13,16-18H2,1-2H3,(H,31,32)(H,33,34)/t20?,22?,25?,27-/m1/s1. The lowest BCUT2D eigenvalue weighted by Crippen LogP contribution is -2.53. The number of hydrogen-bond donors (Lipinski definition) is 2. The van der Waals surface area contributed by atoms with Crippen LogP contribution in [0.1, 0.15) is 82.0 Å². The molecule has 2 aromatic carbocycles. The number of rotatable bonds is 9. The fourth-order valence-electron chi connectivity index (χ4n) is 6.66. The minimum absolute atomic E-state index is 0.381. The van der Waals surface area contributed by atoms with Crippen molar-refractivity contribution in [3.8, 4) is 5.75 Å². The number of benzene rings is 2. The van der Waals surface area contributed by atoms with Gasteiger partial charge >= 0.3 is 5.97 Å². The summed E-state index contributed by atoms with van der Waals surface area (Å²) in [5, 5.41) is 15.4. The van der Waals surface area contributed by atoms with Crippen molar-refractivity contribution in [3.05, 3.63) is 42.0 Å². The molecule has 0 spiro atoms. The first kappa shape index (κ1) is 25.4. The average molecular weight is 510 g/mol. The fourth-order valence-corrected chi connectivity index (χ4v) is 8.55. The lowest BCUT2D eigenvalue weighted by molar-refractivity contribution is -0.139. The van der Waals surface area contributed by atoms with Crippen molar-refractivity contribution in [2.75, 3.05) is 6.61 Å². The molecular weight excluding hydrogens is 470 g/mol. The quantitative estimate of drug-likeness (QED) is 0.394. The van der Waals surface area contributed by atoms with Crippen LogP contribution in [0.5, 0.6) is 5.75 Å². The van der Waals surface area contributed by atoms with E-state index >= 15 is 0 Å². The zero-order valence-corrected chi connectivity index (χ0v) is 22.3. The van der Waals surface area contributed by atoms with E-state index in [1.807, 2.05) is 44.2 Å². The predicted molar refractivity (Wildman–Crippen MR) is 146 cm³/mol. The molecule has 3 saturated carbocycles. The summed E-state index contributed by atoms with van der Waals surface area (Å²) < 4.78 is 5.74. The molecule has 5 rings (SSSR count). The highest BCUT2D eigenvalue weighted by Gasteiger charge is 2.46. The van der Waals surface area contributed by atoms with Crippen molar-refractivity contribution in [2.24, 2.45) is 17.8 Å². The van der Waals surface area contributed by atoms with Gasteiger partial charge in [-0.2, -0.15) is 0 Å². The van der Waals surface area contributed by atoms with Gasteiger partial charge in [0.05, 0.1) is 12.2 Å². The van der Waals surface area contributed by atoms with Crippen LogP contribution in [-0.2, 0) is 4.79 Å². The molecule has 6 heteroatoms. The van der Waals surface area contributed by atoms with Crippen molar-refractivity contribution >= 4 is 34.4 Å². The highest BCUT2D eigenvalue weighted by Crippen LogP contribution is 2.52. The second-order valence-corrected chi connectivity index (χ2v) is 13.6. The average Bonchev–Trinajstić information content (AvgIpc) is 3.49. The molecular formula is C30H39NO4S. The topological polar surface area (TPSA) is 75.6 Å². The molecule has 0 radical (unpaired) electrons. The zero-order valence-electron chi connectivity index (χ0n) is 21.5. The van der Waals surface area contributed by atoms with Crippen LogP contribution in [-0.4, -0.2) is 39.6 Å². The summed E-state index contributed by atoms with van der Waals surface area (Å²) in [5.41, 5.74) is 0.413. The minimum Gasteiger partial charge on any atom is -0.492 e. The highest BCUT2D eigenvalue weighted by atomic mass is 32.2. The van der Waals surface area contributed by atoms with Gasteiger partial charge in [-0.15, -0.1) is 11.8 Å². The number of amides is 1. The third kappa shape index (κ3) is 5.39. The van der Waals surface area contributed by atoms with Crippen LogP contribution in [0.3, 0.4) is 0 Å². The first-order chi connectivity index (χ1) is 17.3. The first-order valence-electron chi connectivity index (χ1n) is 13.7. The second-order valence-electron chi connectivity index (χ2n) is 11.7. The number of ether oxygens (including phenoxy) is 1. The number of carbonyl (C=O) groups excluding carboxylic acids is 1. The van der Waals surface area contributed by atoms with Gasteiger partial charge in [-0.05, 0) is 75.2 Å². The summed E-state index contributed by atoms with van der Waals surface area (Å²) in [7, 11) is 0. The van der Waals surface area contributed by atoms with Crippen molar-refractivity contribution in [1.29, 1.82) is 0 Å². The maximum Gasteiger partial charge on any atom is 0.327 e. The van der Waals surface area contributed by atoms with Crippen LogP contribution in [0.4, 0.5) is 0 Å². The van der Waals surface area contributed by atoms with Gasteiger partial charge in [-0.1, -0.05) is 56.0 Å². The third-order valence-corrected chi connectivity index (χ3v) is 10.4. The molecule has 0 aliphatic heterocycles. The van der Waals surface area contributed by atoms with Crippen molar-refractivity contribution < 1.29 is 19.4 Å². The van der Waals surface area contributed by atoms with Crippen molar-refractivity contribution in [3.63, 3.8) is 0 Å². The summed E-state index contributed by atoms with van der Waals surface area (Å²) >= 11 is 1.76. The second kappa shape index (κ2) is 10.6. The van der Waals surface area contributed by atoms with Crippen LogP contribution < -0.4 is 10.1 Å². The molecule has 36 heavy (non-hydrogen) atoms. The van der Waals surface area contributed by atoms with E-state index in [1.54, 1.807) is 17.8 Å². The Labute approximate surface area is 218 Å². The number of hydrogen-bond acceptors (Lipinski definition) is 4. The van der Waals surface area contributed by atoms with E-state index in [4.69, 9.17) is 4.74 Å². The normalized spacial score (nSPS) is 25.1. The Kier molecular flexibility index (Phi) is 7.52. The van der Waals surface area contributed by atoms with Crippen LogP contribution in [0.25, 0.3) is 10.8 Å².